The number of ether oxygens (including phenoxy) is 2. The number of rotatable bonds is 4. The van der Waals surface area contributed by atoms with Gasteiger partial charge in [-0.15, -0.1) is 11.3 Å². The monoisotopic (exact) mass is 411 g/mol. The summed E-state index contributed by atoms with van der Waals surface area (Å²) < 4.78 is 10.8. The molecule has 4 heterocycles. The topological polar surface area (TPSA) is 88.6 Å². The minimum atomic E-state index is -0.0448. The van der Waals surface area contributed by atoms with Crippen molar-refractivity contribution in [2.24, 2.45) is 0 Å². The lowest BCUT2D eigenvalue weighted by atomic mass is 10.1. The van der Waals surface area contributed by atoms with Crippen LogP contribution in [0.3, 0.4) is 0 Å². The van der Waals surface area contributed by atoms with Gasteiger partial charge >= 0.3 is 0 Å². The number of amides is 1. The van der Waals surface area contributed by atoms with E-state index in [1.54, 1.807) is 0 Å². The molecule has 0 radical (unpaired) electrons. The van der Waals surface area contributed by atoms with Gasteiger partial charge in [0.1, 0.15) is 17.0 Å². The maximum Gasteiger partial charge on any atom is 0.261 e. The van der Waals surface area contributed by atoms with Crippen LogP contribution in [0.1, 0.15) is 22.5 Å². The average Bonchev–Trinajstić information content (AvgIpc) is 3.36. The average molecular weight is 411 g/mol. The molecule has 0 bridgehead atoms. The quantitative estimate of drug-likeness (QED) is 0.682. The number of carbonyl (C=O) groups excluding carboxylic acids is 1. The zero-order valence-electron chi connectivity index (χ0n) is 16.0. The highest BCUT2D eigenvalue weighted by molar-refractivity contribution is 7.20. The Bertz CT molecular complexity index is 1060. The third-order valence-corrected chi connectivity index (χ3v) is 6.28. The number of nitrogens with zero attached hydrogens (tertiary/aromatic N) is 3. The van der Waals surface area contributed by atoms with Gasteiger partial charge in [-0.05, 0) is 51.2 Å². The molecule has 0 unspecified atom stereocenters. The smallest absolute Gasteiger partial charge is 0.261 e. The standard InChI is InChI=1S/C20H21N5O3S/c1-25-6-4-12(5-7-25)24-19(26)17-9-14-18(21-10-22-20(14)29-17)23-13-2-3-15-16(8-13)28-11-27-15/h2-3,8-10,12H,4-7,11H2,1H3,(H,24,26)(H,21,22,23). The number of anilines is 2. The molecule has 9 heteroatoms. The molecule has 0 spiro atoms. The Morgan fingerprint density at radius 1 is 1.17 bits per heavy atom. The fourth-order valence-electron chi connectivity index (χ4n) is 3.59. The van der Waals surface area contributed by atoms with Gasteiger partial charge in [0.05, 0.1) is 10.3 Å². The van der Waals surface area contributed by atoms with Crippen molar-refractivity contribution in [3.63, 3.8) is 0 Å². The first kappa shape index (κ1) is 18.1. The van der Waals surface area contributed by atoms with E-state index in [1.165, 1.54) is 17.7 Å². The van der Waals surface area contributed by atoms with Gasteiger partial charge in [0.2, 0.25) is 6.79 Å². The van der Waals surface area contributed by atoms with Gasteiger partial charge in [-0.3, -0.25) is 4.79 Å². The molecule has 1 amide bonds. The predicted molar refractivity (Wildman–Crippen MR) is 111 cm³/mol. The Morgan fingerprint density at radius 3 is 2.86 bits per heavy atom. The first-order valence-electron chi connectivity index (χ1n) is 9.56. The molecule has 3 aromatic rings. The van der Waals surface area contributed by atoms with E-state index in [0.29, 0.717) is 16.4 Å². The molecular formula is C20H21N5O3S. The van der Waals surface area contributed by atoms with Crippen LogP contribution in [0.4, 0.5) is 11.5 Å². The first-order valence-corrected chi connectivity index (χ1v) is 10.4. The Morgan fingerprint density at radius 2 is 2.00 bits per heavy atom. The first-order chi connectivity index (χ1) is 14.2. The zero-order valence-corrected chi connectivity index (χ0v) is 16.8. The molecule has 1 fully saturated rings. The van der Waals surface area contributed by atoms with Crippen LogP contribution < -0.4 is 20.1 Å². The molecule has 1 saturated heterocycles. The molecule has 2 aromatic heterocycles. The molecular weight excluding hydrogens is 390 g/mol. The molecule has 0 aliphatic carbocycles. The number of fused-ring (bicyclic) bond motifs is 2. The second-order valence-electron chi connectivity index (χ2n) is 7.30. The highest BCUT2D eigenvalue weighted by atomic mass is 32.1. The number of hydrogen-bond acceptors (Lipinski definition) is 8. The van der Waals surface area contributed by atoms with Crippen molar-refractivity contribution in [2.75, 3.05) is 32.2 Å². The van der Waals surface area contributed by atoms with E-state index in [1.807, 2.05) is 24.3 Å². The summed E-state index contributed by atoms with van der Waals surface area (Å²) in [6, 6.07) is 7.72. The summed E-state index contributed by atoms with van der Waals surface area (Å²) in [5.41, 5.74) is 0.831. The van der Waals surface area contributed by atoms with Crippen molar-refractivity contribution in [2.45, 2.75) is 18.9 Å². The third-order valence-electron chi connectivity index (χ3n) is 5.24. The van der Waals surface area contributed by atoms with Gasteiger partial charge in [0, 0.05) is 17.8 Å². The van der Waals surface area contributed by atoms with E-state index in [9.17, 15) is 4.79 Å². The Kier molecular flexibility index (Phi) is 4.69. The molecule has 150 valence electrons. The van der Waals surface area contributed by atoms with E-state index >= 15 is 0 Å². The van der Waals surface area contributed by atoms with E-state index in [0.717, 1.165) is 47.6 Å². The Balaban J connectivity index is 1.36. The summed E-state index contributed by atoms with van der Waals surface area (Å²) in [7, 11) is 2.11. The number of carbonyl (C=O) groups is 1. The molecule has 0 saturated carbocycles. The van der Waals surface area contributed by atoms with E-state index in [2.05, 4.69) is 32.5 Å². The fraction of sp³-hybridized carbons (Fsp3) is 0.350. The van der Waals surface area contributed by atoms with Crippen molar-refractivity contribution in [1.29, 1.82) is 0 Å². The summed E-state index contributed by atoms with van der Waals surface area (Å²) in [4.78, 5) is 25.2. The molecule has 2 aliphatic heterocycles. The molecule has 2 aliphatic rings. The fourth-order valence-corrected chi connectivity index (χ4v) is 4.49. The van der Waals surface area contributed by atoms with Crippen LogP contribution in [0.25, 0.3) is 10.2 Å². The van der Waals surface area contributed by atoms with Crippen molar-refractivity contribution in [3.05, 3.63) is 35.5 Å². The predicted octanol–water partition coefficient (Wildman–Crippen LogP) is 2.99. The van der Waals surface area contributed by atoms with Crippen LogP contribution in [0, 0.1) is 0 Å². The van der Waals surface area contributed by atoms with Crippen LogP contribution >= 0.6 is 11.3 Å². The summed E-state index contributed by atoms with van der Waals surface area (Å²) in [6.07, 6.45) is 3.46. The van der Waals surface area contributed by atoms with Crippen LogP contribution in [0.2, 0.25) is 0 Å². The number of nitrogens with one attached hydrogen (secondary N) is 2. The van der Waals surface area contributed by atoms with E-state index in [4.69, 9.17) is 9.47 Å². The summed E-state index contributed by atoms with van der Waals surface area (Å²) in [5, 5.41) is 7.28. The summed E-state index contributed by atoms with van der Waals surface area (Å²) >= 11 is 1.38. The van der Waals surface area contributed by atoms with Crippen molar-refractivity contribution in [3.8, 4) is 11.5 Å². The largest absolute Gasteiger partial charge is 0.454 e. The van der Waals surface area contributed by atoms with Gasteiger partial charge in [-0.2, -0.15) is 0 Å². The second-order valence-corrected chi connectivity index (χ2v) is 8.33. The van der Waals surface area contributed by atoms with Crippen LogP contribution in [-0.4, -0.2) is 53.7 Å². The number of thiophene rings is 1. The highest BCUT2D eigenvalue weighted by Crippen LogP contribution is 2.36. The molecule has 5 rings (SSSR count). The lowest BCUT2D eigenvalue weighted by molar-refractivity contribution is 0.0921. The summed E-state index contributed by atoms with van der Waals surface area (Å²) in [6.45, 7) is 2.25. The second kappa shape index (κ2) is 7.49. The summed E-state index contributed by atoms with van der Waals surface area (Å²) in [5.74, 6) is 2.04. The lowest BCUT2D eigenvalue weighted by Gasteiger charge is -2.29. The lowest BCUT2D eigenvalue weighted by Crippen LogP contribution is -2.43. The Labute approximate surface area is 171 Å². The zero-order chi connectivity index (χ0) is 19.8. The van der Waals surface area contributed by atoms with Gasteiger partial charge in [0.15, 0.2) is 11.5 Å². The molecule has 0 atom stereocenters. The number of aromatic nitrogens is 2. The minimum Gasteiger partial charge on any atom is -0.454 e. The molecule has 2 N–H and O–H groups in total. The number of likely N-dealkylation sites (tertiary alicyclic amines) is 1. The van der Waals surface area contributed by atoms with Gasteiger partial charge < -0.3 is 25.0 Å². The maximum atomic E-state index is 12.7. The normalized spacial score (nSPS) is 16.9. The van der Waals surface area contributed by atoms with Crippen molar-refractivity contribution in [1.82, 2.24) is 20.2 Å². The maximum absolute atomic E-state index is 12.7. The highest BCUT2D eigenvalue weighted by Gasteiger charge is 2.21. The van der Waals surface area contributed by atoms with Crippen LogP contribution in [-0.2, 0) is 0 Å². The SMILES string of the molecule is CN1CCC(NC(=O)c2cc3c(Nc4ccc5c(c4)OCO5)ncnc3s2)CC1. The molecule has 29 heavy (non-hydrogen) atoms. The molecule has 1 aromatic carbocycles. The van der Waals surface area contributed by atoms with Crippen LogP contribution in [0.5, 0.6) is 11.5 Å². The van der Waals surface area contributed by atoms with Crippen LogP contribution in [0.15, 0.2) is 30.6 Å². The van der Waals surface area contributed by atoms with E-state index < -0.39 is 0 Å². The third kappa shape index (κ3) is 3.70. The minimum absolute atomic E-state index is 0.0448. The number of piperidine rings is 1. The van der Waals surface area contributed by atoms with Gasteiger partial charge in [-0.25, -0.2) is 9.97 Å². The van der Waals surface area contributed by atoms with Gasteiger partial charge in [-0.1, -0.05) is 0 Å². The molecule has 8 nitrogen and oxygen atoms in total. The number of benzene rings is 1. The van der Waals surface area contributed by atoms with E-state index in [-0.39, 0.29) is 18.7 Å². The van der Waals surface area contributed by atoms with Crippen molar-refractivity contribution >= 4 is 39.0 Å². The van der Waals surface area contributed by atoms with Gasteiger partial charge in [0.25, 0.3) is 5.91 Å². The number of hydrogen-bond donors (Lipinski definition) is 2. The van der Waals surface area contributed by atoms with Crippen molar-refractivity contribution < 1.29 is 14.3 Å². The Hall–Kier alpha value is -2.91.